The van der Waals surface area contributed by atoms with Crippen molar-refractivity contribution in [3.8, 4) is 0 Å². The molecule has 2 heteroatoms. The number of hydrogen-bond acceptors (Lipinski definition) is 2. The molecule has 2 nitrogen and oxygen atoms in total. The molecule has 0 bridgehead atoms. The molecule has 0 saturated carbocycles. The Labute approximate surface area is 109 Å². The fourth-order valence-electron chi connectivity index (χ4n) is 2.31. The Balaban J connectivity index is 2.77. The number of anilines is 1. The van der Waals surface area contributed by atoms with Gasteiger partial charge in [-0.1, -0.05) is 45.9 Å². The third-order valence-electron chi connectivity index (χ3n) is 3.36. The minimum atomic E-state index is 0.0990. The monoisotopic (exact) mass is 242 g/mol. The van der Waals surface area contributed by atoms with Gasteiger partial charge in [0, 0.05) is 18.0 Å². The standard InChI is InChI=1S/C16H22N2/c1-6-11-8-7-9-12-10-13(16(2,3)4)15(17-5)18-14(11)12/h7-10H,6H2,1-5H3,(H,17,18). The lowest BCUT2D eigenvalue weighted by molar-refractivity contribution is 0.591. The van der Waals surface area contributed by atoms with Gasteiger partial charge < -0.3 is 5.32 Å². The predicted molar refractivity (Wildman–Crippen MR) is 79.4 cm³/mol. The van der Waals surface area contributed by atoms with Gasteiger partial charge in [0.1, 0.15) is 5.82 Å². The van der Waals surface area contributed by atoms with Crippen molar-refractivity contribution in [3.05, 3.63) is 35.4 Å². The Hall–Kier alpha value is -1.57. The summed E-state index contributed by atoms with van der Waals surface area (Å²) in [6.07, 6.45) is 1.02. The molecular weight excluding hydrogens is 220 g/mol. The SMILES string of the molecule is CCc1cccc2cc(C(C)(C)C)c(NC)nc12. The molecule has 0 aliphatic heterocycles. The van der Waals surface area contributed by atoms with Crippen molar-refractivity contribution in [3.63, 3.8) is 0 Å². The van der Waals surface area contributed by atoms with E-state index in [0.717, 1.165) is 17.8 Å². The summed E-state index contributed by atoms with van der Waals surface area (Å²) in [5.74, 6) is 0.996. The molecule has 0 amide bonds. The number of para-hydroxylation sites is 1. The number of fused-ring (bicyclic) bond motifs is 1. The van der Waals surface area contributed by atoms with Gasteiger partial charge in [-0.2, -0.15) is 0 Å². The van der Waals surface area contributed by atoms with Gasteiger partial charge in [0.25, 0.3) is 0 Å². The summed E-state index contributed by atoms with van der Waals surface area (Å²) >= 11 is 0. The Morgan fingerprint density at radius 2 is 1.94 bits per heavy atom. The number of nitrogens with one attached hydrogen (secondary N) is 1. The minimum absolute atomic E-state index is 0.0990. The summed E-state index contributed by atoms with van der Waals surface area (Å²) in [7, 11) is 1.94. The highest BCUT2D eigenvalue weighted by Gasteiger charge is 2.19. The number of pyridine rings is 1. The maximum Gasteiger partial charge on any atom is 0.130 e. The normalized spacial score (nSPS) is 11.8. The van der Waals surface area contributed by atoms with Crippen molar-refractivity contribution in [2.45, 2.75) is 39.5 Å². The molecule has 1 aromatic carbocycles. The topological polar surface area (TPSA) is 24.9 Å². The number of aryl methyl sites for hydroxylation is 1. The van der Waals surface area contributed by atoms with Gasteiger partial charge in [-0.3, -0.25) is 0 Å². The first-order valence-corrected chi connectivity index (χ1v) is 6.58. The molecule has 0 spiro atoms. The van der Waals surface area contributed by atoms with Crippen LogP contribution < -0.4 is 5.32 Å². The van der Waals surface area contributed by atoms with E-state index in [1.807, 2.05) is 7.05 Å². The first-order valence-electron chi connectivity index (χ1n) is 6.58. The van der Waals surface area contributed by atoms with Gasteiger partial charge in [0.2, 0.25) is 0 Å². The number of hydrogen-bond donors (Lipinski definition) is 1. The highest BCUT2D eigenvalue weighted by molar-refractivity contribution is 5.85. The van der Waals surface area contributed by atoms with Crippen LogP contribution in [0, 0.1) is 0 Å². The fraction of sp³-hybridized carbons (Fsp3) is 0.438. The smallest absolute Gasteiger partial charge is 0.130 e. The lowest BCUT2D eigenvalue weighted by Gasteiger charge is -2.23. The molecule has 2 rings (SSSR count). The lowest BCUT2D eigenvalue weighted by atomic mass is 9.86. The molecule has 0 radical (unpaired) electrons. The van der Waals surface area contributed by atoms with E-state index in [1.165, 1.54) is 16.5 Å². The van der Waals surface area contributed by atoms with Crippen LogP contribution in [0.5, 0.6) is 0 Å². The van der Waals surface area contributed by atoms with E-state index in [9.17, 15) is 0 Å². The van der Waals surface area contributed by atoms with E-state index in [4.69, 9.17) is 4.98 Å². The maximum absolute atomic E-state index is 4.82. The van der Waals surface area contributed by atoms with Crippen molar-refractivity contribution in [2.24, 2.45) is 0 Å². The Morgan fingerprint density at radius 3 is 2.50 bits per heavy atom. The second-order valence-electron chi connectivity index (χ2n) is 5.73. The Bertz CT molecular complexity index is 565. The summed E-state index contributed by atoms with van der Waals surface area (Å²) < 4.78 is 0. The second kappa shape index (κ2) is 4.60. The van der Waals surface area contributed by atoms with Crippen molar-refractivity contribution in [1.29, 1.82) is 0 Å². The summed E-state index contributed by atoms with van der Waals surface area (Å²) in [5.41, 5.74) is 3.80. The number of benzene rings is 1. The minimum Gasteiger partial charge on any atom is -0.373 e. The summed E-state index contributed by atoms with van der Waals surface area (Å²) in [6.45, 7) is 8.84. The van der Waals surface area contributed by atoms with Crippen LogP contribution in [0.15, 0.2) is 24.3 Å². The van der Waals surface area contributed by atoms with Crippen LogP contribution in [0.3, 0.4) is 0 Å². The quantitative estimate of drug-likeness (QED) is 0.856. The fourth-order valence-corrected chi connectivity index (χ4v) is 2.31. The van der Waals surface area contributed by atoms with Crippen LogP contribution in [0.25, 0.3) is 10.9 Å². The molecule has 0 aliphatic carbocycles. The molecule has 2 aromatic rings. The maximum atomic E-state index is 4.82. The van der Waals surface area contributed by atoms with Gasteiger partial charge in [-0.25, -0.2) is 4.98 Å². The summed E-state index contributed by atoms with van der Waals surface area (Å²) in [6, 6.07) is 8.70. The Morgan fingerprint density at radius 1 is 1.22 bits per heavy atom. The van der Waals surface area contributed by atoms with Gasteiger partial charge in [-0.15, -0.1) is 0 Å². The van der Waals surface area contributed by atoms with E-state index in [-0.39, 0.29) is 5.41 Å². The third kappa shape index (κ3) is 2.20. The van der Waals surface area contributed by atoms with Crippen LogP contribution in [0.1, 0.15) is 38.8 Å². The molecule has 0 aliphatic rings. The van der Waals surface area contributed by atoms with Gasteiger partial charge >= 0.3 is 0 Å². The molecule has 0 atom stereocenters. The molecule has 0 unspecified atom stereocenters. The predicted octanol–water partition coefficient (Wildman–Crippen LogP) is 4.14. The van der Waals surface area contributed by atoms with Crippen LogP contribution in [-0.4, -0.2) is 12.0 Å². The second-order valence-corrected chi connectivity index (χ2v) is 5.73. The summed E-state index contributed by atoms with van der Waals surface area (Å²) in [5, 5.41) is 4.47. The van der Waals surface area contributed by atoms with E-state index < -0.39 is 0 Å². The van der Waals surface area contributed by atoms with E-state index >= 15 is 0 Å². The molecular formula is C16H22N2. The van der Waals surface area contributed by atoms with Crippen molar-refractivity contribution in [2.75, 3.05) is 12.4 Å². The van der Waals surface area contributed by atoms with Crippen LogP contribution in [0.2, 0.25) is 0 Å². The van der Waals surface area contributed by atoms with E-state index in [2.05, 4.69) is 57.3 Å². The van der Waals surface area contributed by atoms with Crippen LogP contribution >= 0.6 is 0 Å². The molecule has 1 heterocycles. The molecule has 0 saturated heterocycles. The third-order valence-corrected chi connectivity index (χ3v) is 3.36. The van der Waals surface area contributed by atoms with E-state index in [1.54, 1.807) is 0 Å². The highest BCUT2D eigenvalue weighted by atomic mass is 15.0. The lowest BCUT2D eigenvalue weighted by Crippen LogP contribution is -2.15. The first kappa shape index (κ1) is 12.9. The highest BCUT2D eigenvalue weighted by Crippen LogP contribution is 2.31. The van der Waals surface area contributed by atoms with Crippen LogP contribution in [0.4, 0.5) is 5.82 Å². The van der Waals surface area contributed by atoms with Gasteiger partial charge in [0.05, 0.1) is 5.52 Å². The average molecular weight is 242 g/mol. The van der Waals surface area contributed by atoms with Gasteiger partial charge in [0.15, 0.2) is 0 Å². The number of nitrogens with zero attached hydrogens (tertiary/aromatic N) is 1. The zero-order valence-electron chi connectivity index (χ0n) is 12.0. The first-order chi connectivity index (χ1) is 8.47. The zero-order chi connectivity index (χ0) is 13.3. The Kier molecular flexibility index (Phi) is 3.29. The van der Waals surface area contributed by atoms with Crippen molar-refractivity contribution >= 4 is 16.7 Å². The van der Waals surface area contributed by atoms with Crippen molar-refractivity contribution < 1.29 is 0 Å². The molecule has 96 valence electrons. The largest absolute Gasteiger partial charge is 0.373 e. The van der Waals surface area contributed by atoms with Gasteiger partial charge in [-0.05, 0) is 23.5 Å². The molecule has 1 aromatic heterocycles. The number of aromatic nitrogens is 1. The average Bonchev–Trinajstić information content (AvgIpc) is 2.35. The summed E-state index contributed by atoms with van der Waals surface area (Å²) in [4.78, 5) is 4.82. The molecule has 18 heavy (non-hydrogen) atoms. The van der Waals surface area contributed by atoms with Crippen LogP contribution in [-0.2, 0) is 11.8 Å². The van der Waals surface area contributed by atoms with E-state index in [0.29, 0.717) is 0 Å². The number of rotatable bonds is 2. The zero-order valence-corrected chi connectivity index (χ0v) is 12.0. The van der Waals surface area contributed by atoms with Crippen molar-refractivity contribution in [1.82, 2.24) is 4.98 Å². The molecule has 1 N–H and O–H groups in total. The molecule has 0 fully saturated rings.